The maximum Gasteiger partial charge on any atom is 0.231 e. The minimum atomic E-state index is 0.380. The number of oxazole rings is 1. The fraction of sp³-hybridized carbons (Fsp3) is 0.263. The fourth-order valence-electron chi connectivity index (χ4n) is 3.63. The summed E-state index contributed by atoms with van der Waals surface area (Å²) in [5, 5.41) is 10.9. The molecule has 4 N–H and O–H groups in total. The van der Waals surface area contributed by atoms with Crippen LogP contribution in [0.4, 0.5) is 5.82 Å². The molecule has 8 heteroatoms. The Morgan fingerprint density at radius 1 is 1.15 bits per heavy atom. The number of nitrogens with one attached hydrogen (secondary N) is 2. The number of fused-ring (bicyclic) bond motifs is 1. The number of aromatic nitrogens is 5. The van der Waals surface area contributed by atoms with E-state index in [2.05, 4.69) is 30.5 Å². The topological polar surface area (TPSA) is 119 Å². The maximum atomic E-state index is 6.12. The van der Waals surface area contributed by atoms with Gasteiger partial charge in [-0.25, -0.2) is 9.97 Å². The van der Waals surface area contributed by atoms with Crippen molar-refractivity contribution in [1.82, 2.24) is 30.5 Å². The molecule has 0 radical (unpaired) electrons. The van der Waals surface area contributed by atoms with Gasteiger partial charge >= 0.3 is 0 Å². The van der Waals surface area contributed by atoms with Crippen molar-refractivity contribution in [3.05, 3.63) is 42.6 Å². The van der Waals surface area contributed by atoms with Gasteiger partial charge in [-0.1, -0.05) is 0 Å². The van der Waals surface area contributed by atoms with Gasteiger partial charge in [-0.3, -0.25) is 10.1 Å². The fourth-order valence-corrected chi connectivity index (χ4v) is 3.63. The van der Waals surface area contributed by atoms with E-state index in [9.17, 15) is 0 Å². The Kier molecular flexibility index (Phi) is 3.83. The van der Waals surface area contributed by atoms with Crippen molar-refractivity contribution in [1.29, 1.82) is 0 Å². The summed E-state index contributed by atoms with van der Waals surface area (Å²) in [6.07, 6.45) is 9.17. The highest BCUT2D eigenvalue weighted by Crippen LogP contribution is 2.35. The smallest absolute Gasteiger partial charge is 0.231 e. The van der Waals surface area contributed by atoms with Crippen molar-refractivity contribution in [3.63, 3.8) is 0 Å². The summed E-state index contributed by atoms with van der Waals surface area (Å²) in [6.45, 7) is 2.03. The molecule has 0 spiro atoms. The zero-order valence-electron chi connectivity index (χ0n) is 14.6. The Morgan fingerprint density at radius 3 is 2.89 bits per heavy atom. The van der Waals surface area contributed by atoms with Crippen molar-refractivity contribution in [2.45, 2.75) is 18.8 Å². The number of rotatable bonds is 3. The molecule has 4 aromatic heterocycles. The summed E-state index contributed by atoms with van der Waals surface area (Å²) in [7, 11) is 0. The van der Waals surface area contributed by atoms with Crippen LogP contribution in [0.5, 0.6) is 0 Å². The second-order valence-corrected chi connectivity index (χ2v) is 6.73. The molecule has 1 aliphatic rings. The molecule has 5 rings (SSSR count). The average molecular weight is 361 g/mol. The quantitative estimate of drug-likeness (QED) is 0.513. The van der Waals surface area contributed by atoms with Gasteiger partial charge in [0.15, 0.2) is 5.58 Å². The Morgan fingerprint density at radius 2 is 2.04 bits per heavy atom. The van der Waals surface area contributed by atoms with Crippen LogP contribution in [0, 0.1) is 0 Å². The first-order chi connectivity index (χ1) is 13.3. The SMILES string of the molecule is Nc1ncc(-c2c[nH]nc2C2CCNCC2)cc1-c1nc2ccncc2o1. The van der Waals surface area contributed by atoms with E-state index in [-0.39, 0.29) is 0 Å². The van der Waals surface area contributed by atoms with Crippen molar-refractivity contribution in [2.24, 2.45) is 0 Å². The van der Waals surface area contributed by atoms with E-state index in [1.54, 1.807) is 24.7 Å². The van der Waals surface area contributed by atoms with Crippen molar-refractivity contribution < 1.29 is 4.42 Å². The molecule has 27 heavy (non-hydrogen) atoms. The zero-order valence-corrected chi connectivity index (χ0v) is 14.6. The molecule has 0 aromatic carbocycles. The largest absolute Gasteiger partial charge is 0.434 e. The van der Waals surface area contributed by atoms with Gasteiger partial charge in [0.25, 0.3) is 0 Å². The summed E-state index contributed by atoms with van der Waals surface area (Å²) in [6, 6.07) is 3.77. The summed E-state index contributed by atoms with van der Waals surface area (Å²) in [4.78, 5) is 13.0. The molecule has 5 heterocycles. The number of piperidine rings is 1. The van der Waals surface area contributed by atoms with Gasteiger partial charge in [-0.2, -0.15) is 5.10 Å². The van der Waals surface area contributed by atoms with E-state index in [1.165, 1.54) is 0 Å². The standard InChI is InChI=1S/C19H19N7O/c20-18-13(19-25-15-3-6-22-10-16(15)27-19)7-12(8-23-18)14-9-24-26-17(14)11-1-4-21-5-2-11/h3,6-11,21H,1-2,4-5H2,(H2,20,23)(H,24,26). The highest BCUT2D eigenvalue weighted by Gasteiger charge is 2.22. The highest BCUT2D eigenvalue weighted by atomic mass is 16.3. The monoisotopic (exact) mass is 361 g/mol. The van der Waals surface area contributed by atoms with Crippen molar-refractivity contribution in [3.8, 4) is 22.6 Å². The number of hydrogen-bond donors (Lipinski definition) is 3. The third kappa shape index (κ3) is 2.83. The van der Waals surface area contributed by atoms with Crippen LogP contribution < -0.4 is 11.1 Å². The van der Waals surface area contributed by atoms with Crippen molar-refractivity contribution in [2.75, 3.05) is 18.8 Å². The van der Waals surface area contributed by atoms with Crippen LogP contribution in [-0.4, -0.2) is 38.2 Å². The minimum absolute atomic E-state index is 0.380. The lowest BCUT2D eigenvalue weighted by Crippen LogP contribution is -2.27. The Labute approximate surface area is 155 Å². The van der Waals surface area contributed by atoms with Gasteiger partial charge < -0.3 is 15.5 Å². The summed E-state index contributed by atoms with van der Waals surface area (Å²) in [5.74, 6) is 1.26. The molecule has 0 saturated carbocycles. The molecule has 8 nitrogen and oxygen atoms in total. The molecule has 0 amide bonds. The molecule has 0 atom stereocenters. The normalized spacial score (nSPS) is 15.4. The molecule has 0 unspecified atom stereocenters. The molecule has 1 fully saturated rings. The number of nitrogens with two attached hydrogens (primary N) is 1. The van der Waals surface area contributed by atoms with Crippen LogP contribution in [0.25, 0.3) is 33.7 Å². The van der Waals surface area contributed by atoms with E-state index in [1.807, 2.05) is 12.3 Å². The third-order valence-corrected chi connectivity index (χ3v) is 5.05. The first-order valence-corrected chi connectivity index (χ1v) is 9.01. The molecular weight excluding hydrogens is 342 g/mol. The van der Waals surface area contributed by atoms with E-state index in [0.29, 0.717) is 28.8 Å². The minimum Gasteiger partial charge on any atom is -0.434 e. The Hall–Kier alpha value is -3.26. The van der Waals surface area contributed by atoms with Crippen molar-refractivity contribution >= 4 is 16.9 Å². The summed E-state index contributed by atoms with van der Waals surface area (Å²) < 4.78 is 5.83. The predicted molar refractivity (Wildman–Crippen MR) is 102 cm³/mol. The highest BCUT2D eigenvalue weighted by molar-refractivity contribution is 5.80. The van der Waals surface area contributed by atoms with Crippen LogP contribution in [0.3, 0.4) is 0 Å². The number of nitrogens with zero attached hydrogens (tertiary/aromatic N) is 4. The maximum absolute atomic E-state index is 6.12. The molecule has 0 bridgehead atoms. The van der Waals surface area contributed by atoms with Crippen LogP contribution in [0.1, 0.15) is 24.5 Å². The number of nitrogen functional groups attached to an aromatic ring is 1. The lowest BCUT2D eigenvalue weighted by molar-refractivity contribution is 0.453. The van der Waals surface area contributed by atoms with Gasteiger partial charge in [0.1, 0.15) is 11.3 Å². The van der Waals surface area contributed by atoms with Crippen LogP contribution in [-0.2, 0) is 0 Å². The molecule has 0 aliphatic carbocycles. The lowest BCUT2D eigenvalue weighted by atomic mass is 9.90. The first-order valence-electron chi connectivity index (χ1n) is 9.01. The second kappa shape index (κ2) is 6.48. The Balaban J connectivity index is 1.57. The number of hydrogen-bond acceptors (Lipinski definition) is 7. The van der Waals surface area contributed by atoms with E-state index in [0.717, 1.165) is 48.3 Å². The average Bonchev–Trinajstić information content (AvgIpc) is 3.36. The molecular formula is C19H19N7O. The predicted octanol–water partition coefficient (Wildman–Crippen LogP) is 2.72. The van der Waals surface area contributed by atoms with Gasteiger partial charge in [0, 0.05) is 35.6 Å². The second-order valence-electron chi connectivity index (χ2n) is 6.73. The number of H-pyrrole nitrogens is 1. The number of pyridine rings is 2. The van der Waals surface area contributed by atoms with Gasteiger partial charge in [0.2, 0.25) is 5.89 Å². The van der Waals surface area contributed by atoms with Crippen LogP contribution >= 0.6 is 0 Å². The first kappa shape index (κ1) is 16.0. The molecule has 1 saturated heterocycles. The van der Waals surface area contributed by atoms with Crippen LogP contribution in [0.15, 0.2) is 41.3 Å². The molecule has 1 aliphatic heterocycles. The summed E-state index contributed by atoms with van der Waals surface area (Å²) in [5.41, 5.74) is 11.2. The lowest BCUT2D eigenvalue weighted by Gasteiger charge is -2.22. The van der Waals surface area contributed by atoms with Crippen LogP contribution in [0.2, 0.25) is 0 Å². The number of anilines is 1. The van der Waals surface area contributed by atoms with E-state index in [4.69, 9.17) is 10.2 Å². The third-order valence-electron chi connectivity index (χ3n) is 5.05. The number of aromatic amines is 1. The van der Waals surface area contributed by atoms with Gasteiger partial charge in [0.05, 0.1) is 17.5 Å². The molecule has 136 valence electrons. The van der Waals surface area contributed by atoms with E-state index < -0.39 is 0 Å². The Bertz CT molecular complexity index is 1060. The van der Waals surface area contributed by atoms with Gasteiger partial charge in [-0.05, 0) is 38.1 Å². The zero-order chi connectivity index (χ0) is 18.2. The summed E-state index contributed by atoms with van der Waals surface area (Å²) >= 11 is 0. The molecule has 4 aromatic rings. The van der Waals surface area contributed by atoms with Gasteiger partial charge in [-0.15, -0.1) is 0 Å². The van der Waals surface area contributed by atoms with E-state index >= 15 is 0 Å².